The SMILES string of the molecule is CCCCCCCCCCC[C@H]1CCCC12O[C@@H]1C[C@H](C)CC[C@H]1C(C)(C)S2. The lowest BCUT2D eigenvalue weighted by Crippen LogP contribution is -2.55. The summed E-state index contributed by atoms with van der Waals surface area (Å²) in [5.74, 6) is 2.43. The molecule has 164 valence electrons. The third kappa shape index (κ3) is 5.71. The van der Waals surface area contributed by atoms with Gasteiger partial charge in [0, 0.05) is 4.75 Å². The highest BCUT2D eigenvalue weighted by molar-refractivity contribution is 8.01. The summed E-state index contributed by atoms with van der Waals surface area (Å²) in [6, 6.07) is 0. The molecule has 0 bridgehead atoms. The molecule has 1 nitrogen and oxygen atoms in total. The Morgan fingerprint density at radius 2 is 1.57 bits per heavy atom. The van der Waals surface area contributed by atoms with E-state index in [2.05, 4.69) is 39.5 Å². The zero-order valence-corrected chi connectivity index (χ0v) is 20.3. The Kier molecular flexibility index (Phi) is 8.67. The summed E-state index contributed by atoms with van der Waals surface area (Å²) < 4.78 is 7.45. The fraction of sp³-hybridized carbons (Fsp3) is 1.00. The van der Waals surface area contributed by atoms with Gasteiger partial charge in [0.05, 0.1) is 6.10 Å². The Balaban J connectivity index is 1.44. The van der Waals surface area contributed by atoms with Crippen LogP contribution in [0.1, 0.15) is 130 Å². The van der Waals surface area contributed by atoms with Crippen LogP contribution in [0.2, 0.25) is 0 Å². The minimum atomic E-state index is 0.155. The first-order valence-corrected chi connectivity index (χ1v) is 13.7. The second-order valence-electron chi connectivity index (χ2n) is 10.9. The van der Waals surface area contributed by atoms with Gasteiger partial charge in [0.25, 0.3) is 0 Å². The Bertz CT molecular complexity index is 461. The molecule has 3 rings (SSSR count). The van der Waals surface area contributed by atoms with Crippen molar-refractivity contribution in [2.45, 2.75) is 146 Å². The smallest absolute Gasteiger partial charge is 0.117 e. The topological polar surface area (TPSA) is 9.23 Å². The minimum absolute atomic E-state index is 0.155. The summed E-state index contributed by atoms with van der Waals surface area (Å²) in [7, 11) is 0. The number of thioether (sulfide) groups is 1. The molecule has 0 radical (unpaired) electrons. The van der Waals surface area contributed by atoms with Crippen molar-refractivity contribution in [1.29, 1.82) is 0 Å². The van der Waals surface area contributed by atoms with Crippen LogP contribution < -0.4 is 0 Å². The maximum atomic E-state index is 7.05. The summed E-state index contributed by atoms with van der Waals surface area (Å²) in [6.45, 7) is 9.81. The first-order chi connectivity index (χ1) is 13.5. The summed E-state index contributed by atoms with van der Waals surface area (Å²) >= 11 is 2.25. The van der Waals surface area contributed by atoms with E-state index in [9.17, 15) is 0 Å². The molecule has 1 heterocycles. The van der Waals surface area contributed by atoms with Crippen LogP contribution in [0.4, 0.5) is 0 Å². The lowest BCUT2D eigenvalue weighted by molar-refractivity contribution is -0.121. The second kappa shape index (κ2) is 10.6. The first-order valence-electron chi connectivity index (χ1n) is 12.8. The molecule has 0 N–H and O–H groups in total. The van der Waals surface area contributed by atoms with Gasteiger partial charge in [-0.3, -0.25) is 0 Å². The van der Waals surface area contributed by atoms with Gasteiger partial charge in [0.15, 0.2) is 0 Å². The predicted molar refractivity (Wildman–Crippen MR) is 125 cm³/mol. The molecule has 1 unspecified atom stereocenters. The van der Waals surface area contributed by atoms with E-state index in [4.69, 9.17) is 4.74 Å². The number of ether oxygens (including phenoxy) is 1. The van der Waals surface area contributed by atoms with E-state index in [1.54, 1.807) is 0 Å². The fourth-order valence-electron chi connectivity index (χ4n) is 6.43. The molecule has 3 aliphatic rings. The Morgan fingerprint density at radius 3 is 2.29 bits per heavy atom. The van der Waals surface area contributed by atoms with E-state index in [1.165, 1.54) is 103 Å². The summed E-state index contributed by atoms with van der Waals surface area (Å²) in [4.78, 5) is 0.155. The first kappa shape index (κ1) is 23.0. The van der Waals surface area contributed by atoms with Gasteiger partial charge in [-0.2, -0.15) is 0 Å². The van der Waals surface area contributed by atoms with E-state index in [1.807, 2.05) is 0 Å². The molecule has 0 amide bonds. The van der Waals surface area contributed by atoms with Crippen molar-refractivity contribution in [3.63, 3.8) is 0 Å². The van der Waals surface area contributed by atoms with Gasteiger partial charge >= 0.3 is 0 Å². The zero-order chi connectivity index (χ0) is 20.0. The molecule has 1 aliphatic heterocycles. The Morgan fingerprint density at radius 1 is 0.893 bits per heavy atom. The fourth-order valence-corrected chi connectivity index (χ4v) is 8.56. The largest absolute Gasteiger partial charge is 0.360 e. The molecule has 0 aromatic rings. The Labute approximate surface area is 180 Å². The molecule has 2 aliphatic carbocycles. The monoisotopic (exact) mass is 408 g/mol. The van der Waals surface area contributed by atoms with E-state index in [0.29, 0.717) is 10.9 Å². The van der Waals surface area contributed by atoms with Crippen LogP contribution in [-0.4, -0.2) is 15.8 Å². The molecule has 1 spiro atoms. The molecule has 0 aromatic carbocycles. The molecular weight excluding hydrogens is 360 g/mol. The molecule has 5 atom stereocenters. The maximum Gasteiger partial charge on any atom is 0.117 e. The lowest BCUT2D eigenvalue weighted by Gasteiger charge is -2.56. The molecule has 28 heavy (non-hydrogen) atoms. The molecule has 3 fully saturated rings. The van der Waals surface area contributed by atoms with Crippen molar-refractivity contribution in [3.05, 3.63) is 0 Å². The van der Waals surface area contributed by atoms with Gasteiger partial charge in [0.1, 0.15) is 4.93 Å². The highest BCUT2D eigenvalue weighted by Gasteiger charge is 2.56. The van der Waals surface area contributed by atoms with Crippen molar-refractivity contribution < 1.29 is 4.74 Å². The van der Waals surface area contributed by atoms with E-state index < -0.39 is 0 Å². The van der Waals surface area contributed by atoms with Crippen molar-refractivity contribution in [3.8, 4) is 0 Å². The quantitative estimate of drug-likeness (QED) is 0.334. The summed E-state index contributed by atoms with van der Waals surface area (Å²) in [6.07, 6.45) is 23.1. The third-order valence-electron chi connectivity index (χ3n) is 8.09. The number of fused-ring (bicyclic) bond motifs is 1. The number of unbranched alkanes of at least 4 members (excludes halogenated alkanes) is 8. The maximum absolute atomic E-state index is 7.05. The van der Waals surface area contributed by atoms with Gasteiger partial charge in [-0.05, 0) is 56.3 Å². The van der Waals surface area contributed by atoms with E-state index in [0.717, 1.165) is 17.8 Å². The van der Waals surface area contributed by atoms with E-state index in [-0.39, 0.29) is 4.93 Å². The van der Waals surface area contributed by atoms with Crippen LogP contribution in [0.5, 0.6) is 0 Å². The number of rotatable bonds is 10. The minimum Gasteiger partial charge on any atom is -0.360 e. The van der Waals surface area contributed by atoms with Gasteiger partial charge in [0.2, 0.25) is 0 Å². The van der Waals surface area contributed by atoms with Crippen LogP contribution in [0.3, 0.4) is 0 Å². The standard InChI is InChI=1S/C26H48OS/c1-5-6-7-8-9-10-11-12-13-15-22-16-14-19-26(22)27-24-20-21(2)17-18-23(24)25(3,4)28-26/h21-24H,5-20H2,1-4H3/t21-,22+,23-,24-,26?/m1/s1. The van der Waals surface area contributed by atoms with Gasteiger partial charge < -0.3 is 4.74 Å². The normalized spacial score (nSPS) is 37.3. The molecule has 1 saturated heterocycles. The zero-order valence-electron chi connectivity index (χ0n) is 19.4. The van der Waals surface area contributed by atoms with Crippen LogP contribution in [-0.2, 0) is 4.74 Å². The van der Waals surface area contributed by atoms with Crippen molar-refractivity contribution in [2.24, 2.45) is 17.8 Å². The average Bonchev–Trinajstić information content (AvgIpc) is 3.00. The molecular formula is C26H48OS. The second-order valence-corrected chi connectivity index (χ2v) is 12.9. The number of hydrogen-bond donors (Lipinski definition) is 0. The number of hydrogen-bond acceptors (Lipinski definition) is 2. The molecule has 2 saturated carbocycles. The Hall–Kier alpha value is 0.310. The predicted octanol–water partition coefficient (Wildman–Crippen LogP) is 8.75. The molecule has 0 aromatic heterocycles. The van der Waals surface area contributed by atoms with Crippen molar-refractivity contribution in [1.82, 2.24) is 0 Å². The van der Waals surface area contributed by atoms with E-state index >= 15 is 0 Å². The van der Waals surface area contributed by atoms with Crippen molar-refractivity contribution in [2.75, 3.05) is 0 Å². The lowest BCUT2D eigenvalue weighted by atomic mass is 9.74. The van der Waals surface area contributed by atoms with Gasteiger partial charge in [-0.1, -0.05) is 91.9 Å². The highest BCUT2D eigenvalue weighted by Crippen LogP contribution is 2.61. The average molecular weight is 409 g/mol. The summed E-state index contributed by atoms with van der Waals surface area (Å²) in [5.41, 5.74) is 0. The van der Waals surface area contributed by atoms with Crippen LogP contribution in [0, 0.1) is 17.8 Å². The van der Waals surface area contributed by atoms with Gasteiger partial charge in [-0.25, -0.2) is 0 Å². The van der Waals surface area contributed by atoms with Gasteiger partial charge in [-0.15, -0.1) is 11.8 Å². The van der Waals surface area contributed by atoms with Crippen LogP contribution >= 0.6 is 11.8 Å². The van der Waals surface area contributed by atoms with Crippen LogP contribution in [0.15, 0.2) is 0 Å². The van der Waals surface area contributed by atoms with Crippen LogP contribution in [0.25, 0.3) is 0 Å². The third-order valence-corrected chi connectivity index (χ3v) is 9.90. The highest BCUT2D eigenvalue weighted by atomic mass is 32.2. The van der Waals surface area contributed by atoms with Crippen molar-refractivity contribution >= 4 is 11.8 Å². The summed E-state index contributed by atoms with van der Waals surface area (Å²) in [5, 5.41) is 0. The molecule has 2 heteroatoms.